The van der Waals surface area contributed by atoms with Gasteiger partial charge in [0.25, 0.3) is 0 Å². The monoisotopic (exact) mass is 342 g/mol. The van der Waals surface area contributed by atoms with E-state index in [0.29, 0.717) is 36.0 Å². The SMILES string of the molecule is O=C(NCC(O)c1ccc2c(c1)OCCO2)C(=O)Nc1ccccc1. The van der Waals surface area contributed by atoms with Gasteiger partial charge in [0, 0.05) is 12.2 Å². The molecule has 25 heavy (non-hydrogen) atoms. The van der Waals surface area contributed by atoms with Gasteiger partial charge in [-0.3, -0.25) is 9.59 Å². The zero-order valence-electron chi connectivity index (χ0n) is 13.4. The summed E-state index contributed by atoms with van der Waals surface area (Å²) in [7, 11) is 0. The number of hydrogen-bond acceptors (Lipinski definition) is 5. The quantitative estimate of drug-likeness (QED) is 0.727. The maximum atomic E-state index is 11.8. The van der Waals surface area contributed by atoms with Gasteiger partial charge in [-0.05, 0) is 29.8 Å². The molecule has 2 amide bonds. The van der Waals surface area contributed by atoms with E-state index in [4.69, 9.17) is 9.47 Å². The minimum Gasteiger partial charge on any atom is -0.486 e. The van der Waals surface area contributed by atoms with Crippen LogP contribution in [-0.2, 0) is 9.59 Å². The van der Waals surface area contributed by atoms with Crippen LogP contribution in [0.4, 0.5) is 5.69 Å². The Kier molecular flexibility index (Phi) is 5.15. The minimum atomic E-state index is -0.968. The Balaban J connectivity index is 1.54. The van der Waals surface area contributed by atoms with Gasteiger partial charge in [-0.15, -0.1) is 0 Å². The Bertz CT molecular complexity index is 763. The highest BCUT2D eigenvalue weighted by atomic mass is 16.6. The predicted molar refractivity (Wildman–Crippen MR) is 90.5 cm³/mol. The number of amides is 2. The normalized spacial score (nSPS) is 13.6. The molecule has 0 spiro atoms. The van der Waals surface area contributed by atoms with Crippen molar-refractivity contribution in [1.82, 2.24) is 5.32 Å². The molecular formula is C18H18N2O5. The maximum absolute atomic E-state index is 11.8. The highest BCUT2D eigenvalue weighted by molar-refractivity contribution is 6.39. The van der Waals surface area contributed by atoms with Crippen LogP contribution in [0.2, 0.25) is 0 Å². The van der Waals surface area contributed by atoms with Crippen molar-refractivity contribution in [2.24, 2.45) is 0 Å². The van der Waals surface area contributed by atoms with E-state index in [-0.39, 0.29) is 6.54 Å². The molecule has 2 aromatic carbocycles. The van der Waals surface area contributed by atoms with Crippen molar-refractivity contribution >= 4 is 17.5 Å². The van der Waals surface area contributed by atoms with Gasteiger partial charge in [-0.25, -0.2) is 0 Å². The van der Waals surface area contributed by atoms with Crippen LogP contribution >= 0.6 is 0 Å². The number of carbonyl (C=O) groups is 2. The van der Waals surface area contributed by atoms with Gasteiger partial charge in [-0.2, -0.15) is 0 Å². The van der Waals surface area contributed by atoms with Crippen LogP contribution < -0.4 is 20.1 Å². The lowest BCUT2D eigenvalue weighted by molar-refractivity contribution is -0.136. The molecule has 0 aliphatic carbocycles. The zero-order valence-corrected chi connectivity index (χ0v) is 13.4. The zero-order chi connectivity index (χ0) is 17.6. The molecule has 0 radical (unpaired) electrons. The van der Waals surface area contributed by atoms with Gasteiger partial charge >= 0.3 is 11.8 Å². The lowest BCUT2D eigenvalue weighted by Gasteiger charge is -2.20. The van der Waals surface area contributed by atoms with Crippen LogP contribution in [0, 0.1) is 0 Å². The second kappa shape index (κ2) is 7.67. The Hall–Kier alpha value is -3.06. The third-order valence-corrected chi connectivity index (χ3v) is 3.64. The van der Waals surface area contributed by atoms with Crippen molar-refractivity contribution in [2.75, 3.05) is 25.1 Å². The number of anilines is 1. The van der Waals surface area contributed by atoms with E-state index in [2.05, 4.69) is 10.6 Å². The Morgan fingerprint density at radius 3 is 2.48 bits per heavy atom. The van der Waals surface area contributed by atoms with Crippen molar-refractivity contribution < 1.29 is 24.2 Å². The Morgan fingerprint density at radius 1 is 1.00 bits per heavy atom. The largest absolute Gasteiger partial charge is 0.486 e. The highest BCUT2D eigenvalue weighted by Gasteiger charge is 2.18. The summed E-state index contributed by atoms with van der Waals surface area (Å²) in [5.41, 5.74) is 1.09. The van der Waals surface area contributed by atoms with Gasteiger partial charge in [0.05, 0.1) is 6.10 Å². The molecule has 7 nitrogen and oxygen atoms in total. The van der Waals surface area contributed by atoms with Gasteiger partial charge in [0.15, 0.2) is 11.5 Å². The summed E-state index contributed by atoms with van der Waals surface area (Å²) >= 11 is 0. The number of para-hydroxylation sites is 1. The number of nitrogens with one attached hydrogen (secondary N) is 2. The molecule has 7 heteroatoms. The fraction of sp³-hybridized carbons (Fsp3) is 0.222. The number of benzene rings is 2. The summed E-state index contributed by atoms with van der Waals surface area (Å²) in [6.07, 6.45) is -0.968. The van der Waals surface area contributed by atoms with E-state index in [1.807, 2.05) is 0 Å². The Morgan fingerprint density at radius 2 is 1.72 bits per heavy atom. The summed E-state index contributed by atoms with van der Waals surface area (Å²) in [6, 6.07) is 13.7. The van der Waals surface area contributed by atoms with Gasteiger partial charge in [-0.1, -0.05) is 24.3 Å². The smallest absolute Gasteiger partial charge is 0.313 e. The van der Waals surface area contributed by atoms with E-state index in [0.717, 1.165) is 0 Å². The van der Waals surface area contributed by atoms with E-state index < -0.39 is 17.9 Å². The molecule has 1 unspecified atom stereocenters. The second-order valence-corrected chi connectivity index (χ2v) is 5.45. The first-order valence-electron chi connectivity index (χ1n) is 7.85. The van der Waals surface area contributed by atoms with E-state index >= 15 is 0 Å². The molecular weight excluding hydrogens is 324 g/mol. The molecule has 0 aromatic heterocycles. The molecule has 0 saturated heterocycles. The average molecular weight is 342 g/mol. The minimum absolute atomic E-state index is 0.0965. The van der Waals surface area contributed by atoms with Crippen LogP contribution in [0.25, 0.3) is 0 Å². The molecule has 3 rings (SSSR count). The molecule has 1 atom stereocenters. The number of aliphatic hydroxyl groups excluding tert-OH is 1. The molecule has 130 valence electrons. The number of rotatable bonds is 4. The number of fused-ring (bicyclic) bond motifs is 1. The molecule has 3 N–H and O–H groups in total. The summed E-state index contributed by atoms with van der Waals surface area (Å²) in [5.74, 6) is -0.439. The first kappa shape index (κ1) is 16.8. The third-order valence-electron chi connectivity index (χ3n) is 3.64. The van der Waals surface area contributed by atoms with E-state index in [1.165, 1.54) is 0 Å². The average Bonchev–Trinajstić information content (AvgIpc) is 2.66. The van der Waals surface area contributed by atoms with Crippen molar-refractivity contribution in [3.63, 3.8) is 0 Å². The highest BCUT2D eigenvalue weighted by Crippen LogP contribution is 2.32. The fourth-order valence-corrected chi connectivity index (χ4v) is 2.36. The predicted octanol–water partition coefficient (Wildman–Crippen LogP) is 1.25. The van der Waals surface area contributed by atoms with E-state index in [9.17, 15) is 14.7 Å². The molecule has 0 saturated carbocycles. The molecule has 1 heterocycles. The standard InChI is InChI=1S/C18H18N2O5/c21-14(12-6-7-15-16(10-12)25-9-8-24-15)11-19-17(22)18(23)20-13-4-2-1-3-5-13/h1-7,10,14,21H,8-9,11H2,(H,19,22)(H,20,23). The summed E-state index contributed by atoms with van der Waals surface area (Å²) in [4.78, 5) is 23.6. The summed E-state index contributed by atoms with van der Waals surface area (Å²) in [5, 5.41) is 15.1. The first-order valence-corrected chi connectivity index (χ1v) is 7.85. The number of hydrogen-bond donors (Lipinski definition) is 3. The lowest BCUT2D eigenvalue weighted by Crippen LogP contribution is -2.37. The van der Waals surface area contributed by atoms with Crippen LogP contribution in [0.15, 0.2) is 48.5 Å². The van der Waals surface area contributed by atoms with Crippen molar-refractivity contribution in [3.05, 3.63) is 54.1 Å². The van der Waals surface area contributed by atoms with Gasteiger partial charge in [0.1, 0.15) is 13.2 Å². The Labute approximate surface area is 144 Å². The number of aliphatic hydroxyl groups is 1. The van der Waals surface area contributed by atoms with Gasteiger partial charge in [0.2, 0.25) is 0 Å². The van der Waals surface area contributed by atoms with E-state index in [1.54, 1.807) is 48.5 Å². The van der Waals surface area contributed by atoms with Crippen molar-refractivity contribution in [3.8, 4) is 11.5 Å². The molecule has 1 aliphatic rings. The second-order valence-electron chi connectivity index (χ2n) is 5.45. The molecule has 1 aliphatic heterocycles. The fourth-order valence-electron chi connectivity index (χ4n) is 2.36. The molecule has 0 fully saturated rings. The van der Waals surface area contributed by atoms with Crippen LogP contribution in [0.3, 0.4) is 0 Å². The van der Waals surface area contributed by atoms with Crippen LogP contribution in [-0.4, -0.2) is 36.7 Å². The number of carbonyl (C=O) groups excluding carboxylic acids is 2. The van der Waals surface area contributed by atoms with Crippen molar-refractivity contribution in [2.45, 2.75) is 6.10 Å². The summed E-state index contributed by atoms with van der Waals surface area (Å²) < 4.78 is 10.9. The number of ether oxygens (including phenoxy) is 2. The molecule has 2 aromatic rings. The first-order chi connectivity index (χ1) is 12.1. The van der Waals surface area contributed by atoms with Crippen molar-refractivity contribution in [1.29, 1.82) is 0 Å². The van der Waals surface area contributed by atoms with Gasteiger partial charge < -0.3 is 25.2 Å². The maximum Gasteiger partial charge on any atom is 0.313 e. The summed E-state index contributed by atoms with van der Waals surface area (Å²) in [6.45, 7) is 0.838. The van der Waals surface area contributed by atoms with Crippen LogP contribution in [0.1, 0.15) is 11.7 Å². The van der Waals surface area contributed by atoms with Crippen LogP contribution in [0.5, 0.6) is 11.5 Å². The molecule has 0 bridgehead atoms. The lowest BCUT2D eigenvalue weighted by atomic mass is 10.1. The topological polar surface area (TPSA) is 96.9 Å². The third kappa shape index (κ3) is 4.27.